The standard InChI is InChI=1S/C21H23N3O3/c1-13(2)12-22-20(26)15-8-4-6-10-18(15)24-21(27)16-11-19(25)23-17-9-5-3-7-14(16)17/h3-10,13,16H,11-12H2,1-2H3,(H,22,26)(H,23,25)(H,24,27)/t16-/m1/s1. The largest absolute Gasteiger partial charge is 0.352 e. The summed E-state index contributed by atoms with van der Waals surface area (Å²) in [6.45, 7) is 4.58. The van der Waals surface area contributed by atoms with Crippen LogP contribution in [0.3, 0.4) is 0 Å². The van der Waals surface area contributed by atoms with Gasteiger partial charge in [-0.3, -0.25) is 14.4 Å². The molecule has 3 amide bonds. The molecule has 3 rings (SSSR count). The number of amides is 3. The van der Waals surface area contributed by atoms with Gasteiger partial charge in [0.1, 0.15) is 0 Å². The Kier molecular flexibility index (Phi) is 5.54. The lowest BCUT2D eigenvalue weighted by molar-refractivity contribution is -0.123. The van der Waals surface area contributed by atoms with Gasteiger partial charge < -0.3 is 16.0 Å². The second-order valence-corrected chi connectivity index (χ2v) is 7.03. The average Bonchev–Trinajstić information content (AvgIpc) is 2.65. The third-order valence-electron chi connectivity index (χ3n) is 4.42. The van der Waals surface area contributed by atoms with Gasteiger partial charge in [0.25, 0.3) is 5.91 Å². The smallest absolute Gasteiger partial charge is 0.253 e. The summed E-state index contributed by atoms with van der Waals surface area (Å²) in [4.78, 5) is 37.3. The monoisotopic (exact) mass is 365 g/mol. The van der Waals surface area contributed by atoms with Crippen LogP contribution in [0.5, 0.6) is 0 Å². The molecule has 3 N–H and O–H groups in total. The van der Waals surface area contributed by atoms with E-state index in [1.807, 2.05) is 32.0 Å². The van der Waals surface area contributed by atoms with E-state index in [1.54, 1.807) is 30.3 Å². The minimum Gasteiger partial charge on any atom is -0.352 e. The van der Waals surface area contributed by atoms with Gasteiger partial charge in [-0.05, 0) is 29.7 Å². The minimum atomic E-state index is -0.596. The van der Waals surface area contributed by atoms with E-state index in [4.69, 9.17) is 0 Å². The van der Waals surface area contributed by atoms with E-state index in [1.165, 1.54) is 0 Å². The number of rotatable bonds is 5. The second kappa shape index (κ2) is 8.03. The Bertz CT molecular complexity index is 876. The second-order valence-electron chi connectivity index (χ2n) is 7.03. The highest BCUT2D eigenvalue weighted by atomic mass is 16.2. The highest BCUT2D eigenvalue weighted by molar-refractivity contribution is 6.08. The Morgan fingerprint density at radius 1 is 1.11 bits per heavy atom. The molecule has 1 aliphatic heterocycles. The predicted molar refractivity (Wildman–Crippen MR) is 105 cm³/mol. The summed E-state index contributed by atoms with van der Waals surface area (Å²) in [6.07, 6.45) is 0.0740. The molecular weight excluding hydrogens is 342 g/mol. The minimum absolute atomic E-state index is 0.0740. The van der Waals surface area contributed by atoms with Crippen LogP contribution in [0.25, 0.3) is 0 Å². The zero-order valence-corrected chi connectivity index (χ0v) is 15.4. The van der Waals surface area contributed by atoms with Crippen molar-refractivity contribution in [2.75, 3.05) is 17.2 Å². The van der Waals surface area contributed by atoms with Crippen LogP contribution in [0.4, 0.5) is 11.4 Å². The third kappa shape index (κ3) is 4.34. The van der Waals surface area contributed by atoms with Crippen LogP contribution >= 0.6 is 0 Å². The fraction of sp³-hybridized carbons (Fsp3) is 0.286. The number of carbonyl (C=O) groups excluding carboxylic acids is 3. The van der Waals surface area contributed by atoms with E-state index < -0.39 is 5.92 Å². The quantitative estimate of drug-likeness (QED) is 0.761. The van der Waals surface area contributed by atoms with E-state index in [0.29, 0.717) is 29.4 Å². The Morgan fingerprint density at radius 2 is 1.81 bits per heavy atom. The number of anilines is 2. The van der Waals surface area contributed by atoms with Gasteiger partial charge in [0.15, 0.2) is 0 Å². The molecule has 0 unspecified atom stereocenters. The Balaban J connectivity index is 1.81. The number of hydrogen-bond donors (Lipinski definition) is 3. The van der Waals surface area contributed by atoms with Crippen molar-refractivity contribution in [3.05, 3.63) is 59.7 Å². The zero-order valence-electron chi connectivity index (χ0n) is 15.4. The molecule has 0 radical (unpaired) electrons. The van der Waals surface area contributed by atoms with Crippen molar-refractivity contribution in [1.82, 2.24) is 5.32 Å². The lowest BCUT2D eigenvalue weighted by Gasteiger charge is -2.25. The molecule has 0 saturated heterocycles. The predicted octanol–water partition coefficient (Wildman–Crippen LogP) is 3.14. The van der Waals surface area contributed by atoms with E-state index in [9.17, 15) is 14.4 Å². The maximum absolute atomic E-state index is 12.9. The number of carbonyl (C=O) groups is 3. The third-order valence-corrected chi connectivity index (χ3v) is 4.42. The fourth-order valence-electron chi connectivity index (χ4n) is 3.05. The molecule has 27 heavy (non-hydrogen) atoms. The van der Waals surface area contributed by atoms with Gasteiger partial charge in [0.05, 0.1) is 17.2 Å². The zero-order chi connectivity index (χ0) is 19.4. The molecule has 1 heterocycles. The number of para-hydroxylation sites is 2. The first-order valence-electron chi connectivity index (χ1n) is 9.02. The summed E-state index contributed by atoms with van der Waals surface area (Å²) in [5.74, 6) is -1.01. The summed E-state index contributed by atoms with van der Waals surface area (Å²) in [5, 5.41) is 8.47. The summed E-state index contributed by atoms with van der Waals surface area (Å²) >= 11 is 0. The van der Waals surface area contributed by atoms with Crippen LogP contribution in [0.2, 0.25) is 0 Å². The lowest BCUT2D eigenvalue weighted by Crippen LogP contribution is -2.32. The molecule has 2 aromatic carbocycles. The Morgan fingerprint density at radius 3 is 2.59 bits per heavy atom. The highest BCUT2D eigenvalue weighted by Gasteiger charge is 2.31. The molecule has 0 fully saturated rings. The van der Waals surface area contributed by atoms with Gasteiger partial charge in [-0.1, -0.05) is 44.2 Å². The van der Waals surface area contributed by atoms with Gasteiger partial charge >= 0.3 is 0 Å². The van der Waals surface area contributed by atoms with Gasteiger partial charge in [0.2, 0.25) is 11.8 Å². The van der Waals surface area contributed by atoms with Crippen LogP contribution in [-0.2, 0) is 9.59 Å². The van der Waals surface area contributed by atoms with Crippen LogP contribution in [0.15, 0.2) is 48.5 Å². The summed E-state index contributed by atoms with van der Waals surface area (Å²) in [5.41, 5.74) is 2.26. The topological polar surface area (TPSA) is 87.3 Å². The maximum Gasteiger partial charge on any atom is 0.253 e. The van der Waals surface area contributed by atoms with E-state index in [-0.39, 0.29) is 24.1 Å². The van der Waals surface area contributed by atoms with Gasteiger partial charge in [-0.25, -0.2) is 0 Å². The van der Waals surface area contributed by atoms with Crippen molar-refractivity contribution in [2.24, 2.45) is 5.92 Å². The molecule has 0 aliphatic carbocycles. The van der Waals surface area contributed by atoms with E-state index >= 15 is 0 Å². The van der Waals surface area contributed by atoms with Crippen molar-refractivity contribution in [2.45, 2.75) is 26.2 Å². The molecule has 140 valence electrons. The van der Waals surface area contributed by atoms with Gasteiger partial charge in [-0.15, -0.1) is 0 Å². The molecule has 0 spiro atoms. The van der Waals surface area contributed by atoms with E-state index in [0.717, 1.165) is 5.56 Å². The summed E-state index contributed by atoms with van der Waals surface area (Å²) in [6, 6.07) is 14.1. The highest BCUT2D eigenvalue weighted by Crippen LogP contribution is 2.33. The fourth-order valence-corrected chi connectivity index (χ4v) is 3.05. The van der Waals surface area contributed by atoms with Crippen LogP contribution < -0.4 is 16.0 Å². The first-order chi connectivity index (χ1) is 13.0. The number of hydrogen-bond acceptors (Lipinski definition) is 3. The summed E-state index contributed by atoms with van der Waals surface area (Å²) in [7, 11) is 0. The normalized spacial score (nSPS) is 15.7. The molecule has 1 atom stereocenters. The number of fused-ring (bicyclic) bond motifs is 1. The van der Waals surface area contributed by atoms with Crippen molar-refractivity contribution in [1.29, 1.82) is 0 Å². The van der Waals surface area contributed by atoms with Crippen molar-refractivity contribution in [3.63, 3.8) is 0 Å². The molecule has 6 heteroatoms. The first kappa shape index (κ1) is 18.6. The molecule has 0 saturated carbocycles. The molecule has 1 aliphatic rings. The molecule has 6 nitrogen and oxygen atoms in total. The van der Waals surface area contributed by atoms with Crippen LogP contribution in [-0.4, -0.2) is 24.3 Å². The Labute approximate surface area is 158 Å². The van der Waals surface area contributed by atoms with Crippen LogP contribution in [0, 0.1) is 5.92 Å². The number of nitrogens with one attached hydrogen (secondary N) is 3. The first-order valence-corrected chi connectivity index (χ1v) is 9.02. The van der Waals surface area contributed by atoms with Crippen LogP contribution in [0.1, 0.15) is 42.1 Å². The van der Waals surface area contributed by atoms with E-state index in [2.05, 4.69) is 16.0 Å². The lowest BCUT2D eigenvalue weighted by atomic mass is 9.89. The maximum atomic E-state index is 12.9. The Hall–Kier alpha value is -3.15. The van der Waals surface area contributed by atoms with Gasteiger partial charge in [-0.2, -0.15) is 0 Å². The molecule has 2 aromatic rings. The number of benzene rings is 2. The molecule has 0 bridgehead atoms. The SMILES string of the molecule is CC(C)CNC(=O)c1ccccc1NC(=O)[C@@H]1CC(=O)Nc2ccccc21. The molecular formula is C21H23N3O3. The summed E-state index contributed by atoms with van der Waals surface area (Å²) < 4.78 is 0. The van der Waals surface area contributed by atoms with Gasteiger partial charge in [0, 0.05) is 18.7 Å². The molecule has 0 aromatic heterocycles. The van der Waals surface area contributed by atoms with Crippen molar-refractivity contribution in [3.8, 4) is 0 Å². The van der Waals surface area contributed by atoms with Crippen molar-refractivity contribution < 1.29 is 14.4 Å². The van der Waals surface area contributed by atoms with Crippen molar-refractivity contribution >= 4 is 29.1 Å². The average molecular weight is 365 g/mol.